The summed E-state index contributed by atoms with van der Waals surface area (Å²) in [5.41, 5.74) is 17.6. The number of rotatable bonds is 23. The van der Waals surface area contributed by atoms with E-state index in [1.54, 1.807) is 65.4 Å². The monoisotopic (exact) mass is 1330 g/mol. The molecule has 0 aliphatic heterocycles. The molecule has 0 amide bonds. The van der Waals surface area contributed by atoms with Crippen molar-refractivity contribution in [3.63, 3.8) is 0 Å². The topological polar surface area (TPSA) is 291 Å². The third kappa shape index (κ3) is 17.3. The second-order valence-electron chi connectivity index (χ2n) is 23.9. The fourth-order valence-electron chi connectivity index (χ4n) is 10.9. The van der Waals surface area contributed by atoms with Gasteiger partial charge in [-0.15, -0.1) is 0 Å². The first kappa shape index (κ1) is 70.5. The summed E-state index contributed by atoms with van der Waals surface area (Å²) in [6.07, 6.45) is 12.1. The van der Waals surface area contributed by atoms with Crippen LogP contribution in [0.25, 0.3) is 102 Å². The molecule has 23 heteroatoms. The molecule has 0 bridgehead atoms. The number of benzene rings is 3. The van der Waals surface area contributed by atoms with Crippen LogP contribution in [0.1, 0.15) is 90.2 Å². The highest BCUT2D eigenvalue weighted by molar-refractivity contribution is 5.72. The highest BCUT2D eigenvalue weighted by Crippen LogP contribution is 2.33. The largest absolute Gasteiger partial charge is 0.380 e. The van der Waals surface area contributed by atoms with E-state index in [1.807, 2.05) is 149 Å². The number of aryl methyl sites for hydroxylation is 5. The van der Waals surface area contributed by atoms with E-state index < -0.39 is 0 Å². The molecule has 3 N–H and O–H groups in total. The molecule has 9 aromatic heterocycles. The Morgan fingerprint density at radius 1 is 0.515 bits per heavy atom. The van der Waals surface area contributed by atoms with Crippen molar-refractivity contribution in [3.8, 4) is 108 Å². The highest BCUT2D eigenvalue weighted by Gasteiger charge is 2.21. The first-order chi connectivity index (χ1) is 48.0. The van der Waals surface area contributed by atoms with Crippen molar-refractivity contribution in [1.29, 1.82) is 5.26 Å². The predicted octanol–water partition coefficient (Wildman–Crippen LogP) is 13.2. The van der Waals surface area contributed by atoms with Crippen LogP contribution in [0.3, 0.4) is 0 Å². The molecule has 12 rings (SSSR count). The number of nitriles is 1. The molecular formula is C76H86N16O7. The molecule has 0 fully saturated rings. The minimum Gasteiger partial charge on any atom is -0.380 e. The summed E-state index contributed by atoms with van der Waals surface area (Å²) in [6, 6.07) is 40.6. The third-order valence-corrected chi connectivity index (χ3v) is 16.6. The van der Waals surface area contributed by atoms with Gasteiger partial charge in [-0.25, -0.2) is 15.0 Å². The van der Waals surface area contributed by atoms with E-state index in [4.69, 9.17) is 38.5 Å². The lowest BCUT2D eigenvalue weighted by molar-refractivity contribution is 0.0838. The summed E-state index contributed by atoms with van der Waals surface area (Å²) < 4.78 is 27.2. The van der Waals surface area contributed by atoms with Crippen molar-refractivity contribution in [3.05, 3.63) is 229 Å². The van der Waals surface area contributed by atoms with Gasteiger partial charge in [0.2, 0.25) is 0 Å². The maximum absolute atomic E-state index is 12.7. The molecule has 9 heterocycles. The smallest absolute Gasteiger partial charge is 0.253 e. The van der Waals surface area contributed by atoms with E-state index in [0.717, 1.165) is 87.8 Å². The number of pyridine rings is 3. The zero-order chi connectivity index (χ0) is 70.1. The molecular weight excluding hydrogens is 1250 g/mol. The Balaban J connectivity index is 0.000000211. The van der Waals surface area contributed by atoms with Crippen molar-refractivity contribution < 1.29 is 22.6 Å². The molecule has 1 atom stereocenters. The van der Waals surface area contributed by atoms with Crippen LogP contribution in [-0.4, -0.2) is 93.4 Å². The predicted molar refractivity (Wildman–Crippen MR) is 388 cm³/mol. The molecule has 99 heavy (non-hydrogen) atoms. The van der Waals surface area contributed by atoms with Crippen LogP contribution < -0.4 is 32.6 Å². The Kier molecular flexibility index (Phi) is 23.6. The number of ether oxygens (including phenoxy) is 1. The van der Waals surface area contributed by atoms with Crippen LogP contribution >= 0.6 is 0 Å². The van der Waals surface area contributed by atoms with Crippen LogP contribution in [0.15, 0.2) is 186 Å². The van der Waals surface area contributed by atoms with E-state index in [9.17, 15) is 14.4 Å². The van der Waals surface area contributed by atoms with Gasteiger partial charge in [0, 0.05) is 131 Å². The van der Waals surface area contributed by atoms with Crippen LogP contribution in [0.4, 0.5) is 0 Å². The number of hydrogen-bond donors (Lipinski definition) is 3. The fraction of sp³-hybridized carbons (Fsp3) is 0.276. The summed E-state index contributed by atoms with van der Waals surface area (Å²) in [5, 5.41) is 30.9. The standard InChI is InChI=1S/C26H29N5O3.C26H29N5O2.C24H22N6O2.3H2/c1-5-21(33-4)16-31-15-20(10-11-25(31)32)23-14-28-17(2)26(29-23)24-12-22(30-34-24)19-8-6-18(7-9-19)13-27-3;1-6-19-11-21(15-31(16(2)3)26(19)32)23-14-28-17(4)25(29-23)24-12-22(30-33-24)20-9-7-18(8-10-20)13-27-5;1-16-24(22-12-20(29-32-22)18-6-4-17(5-7-18)13-26-2)28-21(14-27-16)19-8-9-23(31)30(15-19)11-3-10-25;;;/h6-12,14-15,21,27H,5,13,16H2,1-4H3;7-12,14-16,27H,6,13H2,1-5H3;4-9,12,14-15,26H,3,11,13H2,1-2H3;3*1H. The van der Waals surface area contributed by atoms with Crippen LogP contribution in [-0.2, 0) is 43.9 Å². The highest BCUT2D eigenvalue weighted by atomic mass is 16.5. The molecule has 0 aliphatic rings. The van der Waals surface area contributed by atoms with E-state index in [1.165, 1.54) is 27.3 Å². The zero-order valence-electron chi connectivity index (χ0n) is 57.5. The average Bonchev–Trinajstić information content (AvgIpc) is 1.27. The molecule has 512 valence electrons. The summed E-state index contributed by atoms with van der Waals surface area (Å²) in [6.45, 7) is 16.9. The number of hydrogen-bond acceptors (Lipinski definition) is 20. The molecule has 23 nitrogen and oxygen atoms in total. The first-order valence-corrected chi connectivity index (χ1v) is 32.7. The summed E-state index contributed by atoms with van der Waals surface area (Å²) in [4.78, 5) is 65.0. The molecule has 0 saturated heterocycles. The number of methoxy groups -OCH3 is 1. The second kappa shape index (κ2) is 33.1. The van der Waals surface area contributed by atoms with E-state index >= 15 is 0 Å². The quantitative estimate of drug-likeness (QED) is 0.0536. The van der Waals surface area contributed by atoms with Crippen LogP contribution in [0, 0.1) is 32.1 Å². The SMILES string of the molecule is CCC(Cn1cc(-c2cnc(C)c(-c3cc(-c4ccc(CNC)cc4)no3)n2)ccc1=O)OC.CCc1cc(-c2cnc(C)c(-c3cc(-c4ccc(CNC)cc4)no3)n2)cn(C(C)C)c1=O.CNCc1ccc(-c2cc(-c3nc(-c4ccc(=O)n(CCC#N)c4)cnc3C)on2)cc1.[HH].[HH].[HH]. The molecule has 0 radical (unpaired) electrons. The Morgan fingerprint density at radius 2 is 0.899 bits per heavy atom. The number of nitrogens with one attached hydrogen (secondary N) is 3. The summed E-state index contributed by atoms with van der Waals surface area (Å²) in [7, 11) is 7.42. The first-order valence-electron chi connectivity index (χ1n) is 32.7. The fourth-order valence-corrected chi connectivity index (χ4v) is 10.9. The Morgan fingerprint density at radius 3 is 1.26 bits per heavy atom. The van der Waals surface area contributed by atoms with Crippen molar-refractivity contribution in [1.82, 2.24) is 75.0 Å². The summed E-state index contributed by atoms with van der Waals surface area (Å²) in [5.74, 6) is 1.62. The minimum atomic E-state index is -0.162. The molecule has 12 aromatic rings. The lowest BCUT2D eigenvalue weighted by Gasteiger charge is -2.15. The minimum absolute atomic E-state index is 0. The number of aromatic nitrogens is 12. The van der Waals surface area contributed by atoms with Gasteiger partial charge >= 0.3 is 0 Å². The maximum atomic E-state index is 12.7. The zero-order valence-corrected chi connectivity index (χ0v) is 57.5. The van der Waals surface area contributed by atoms with Gasteiger partial charge < -0.3 is 48.0 Å². The molecule has 1 unspecified atom stereocenters. The van der Waals surface area contributed by atoms with Crippen molar-refractivity contribution in [2.24, 2.45) is 0 Å². The van der Waals surface area contributed by atoms with Crippen molar-refractivity contribution >= 4 is 0 Å². The Labute approximate surface area is 578 Å². The van der Waals surface area contributed by atoms with E-state index in [-0.39, 0.29) is 39.5 Å². The number of nitrogens with zero attached hydrogens (tertiary/aromatic N) is 13. The molecule has 0 spiro atoms. The normalized spacial score (nSPS) is 11.4. The van der Waals surface area contributed by atoms with Crippen molar-refractivity contribution in [2.45, 2.75) is 113 Å². The maximum Gasteiger partial charge on any atom is 0.253 e. The van der Waals surface area contributed by atoms with Gasteiger partial charge in [0.1, 0.15) is 34.2 Å². The molecule has 0 aliphatic carbocycles. The van der Waals surface area contributed by atoms with Gasteiger partial charge in [-0.3, -0.25) is 29.3 Å². The van der Waals surface area contributed by atoms with Crippen LogP contribution in [0.2, 0.25) is 0 Å². The average molecular weight is 1340 g/mol. The van der Waals surface area contributed by atoms with Gasteiger partial charge in [-0.2, -0.15) is 5.26 Å². The van der Waals surface area contributed by atoms with Crippen LogP contribution in [0.5, 0.6) is 0 Å². The van der Waals surface area contributed by atoms with Crippen molar-refractivity contribution in [2.75, 3.05) is 28.3 Å². The Bertz CT molecular complexity index is 4960. The molecule has 3 aromatic carbocycles. The Hall–Kier alpha value is -11.3. The van der Waals surface area contributed by atoms with Gasteiger partial charge in [-0.1, -0.05) is 102 Å². The van der Waals surface area contributed by atoms with Gasteiger partial charge in [0.15, 0.2) is 17.3 Å². The van der Waals surface area contributed by atoms with E-state index in [0.29, 0.717) is 82.3 Å². The molecule has 0 saturated carbocycles. The summed E-state index contributed by atoms with van der Waals surface area (Å²) >= 11 is 0. The van der Waals surface area contributed by atoms with E-state index in [2.05, 4.69) is 76.7 Å². The lowest BCUT2D eigenvalue weighted by Crippen LogP contribution is -2.26. The lowest BCUT2D eigenvalue weighted by atomic mass is 10.1. The second-order valence-corrected chi connectivity index (χ2v) is 23.9. The third-order valence-electron chi connectivity index (χ3n) is 16.6. The van der Waals surface area contributed by atoms with Gasteiger partial charge in [-0.05, 0) is 103 Å². The van der Waals surface area contributed by atoms with Gasteiger partial charge in [0.05, 0.1) is 77.9 Å². The van der Waals surface area contributed by atoms with Gasteiger partial charge in [0.25, 0.3) is 16.7 Å².